The SMILES string of the molecule is C1=COC(CNC2CCCCCC2)CC1. The molecule has 0 aromatic heterocycles. The first kappa shape index (κ1) is 11.0. The second-order valence-corrected chi connectivity index (χ2v) is 4.80. The summed E-state index contributed by atoms with van der Waals surface area (Å²) >= 11 is 0. The average Bonchev–Trinajstić information content (AvgIpc) is 2.56. The summed E-state index contributed by atoms with van der Waals surface area (Å²) < 4.78 is 5.56. The van der Waals surface area contributed by atoms with Gasteiger partial charge in [0.05, 0.1) is 6.26 Å². The van der Waals surface area contributed by atoms with Crippen molar-refractivity contribution in [2.75, 3.05) is 6.54 Å². The molecule has 0 amide bonds. The van der Waals surface area contributed by atoms with Crippen molar-refractivity contribution in [2.45, 2.75) is 63.5 Å². The zero-order valence-corrected chi connectivity index (χ0v) is 9.58. The second-order valence-electron chi connectivity index (χ2n) is 4.80. The van der Waals surface area contributed by atoms with E-state index >= 15 is 0 Å². The van der Waals surface area contributed by atoms with Crippen LogP contribution in [0, 0.1) is 0 Å². The number of allylic oxidation sites excluding steroid dienone is 1. The Labute approximate surface area is 93.1 Å². The summed E-state index contributed by atoms with van der Waals surface area (Å²) in [5.74, 6) is 0. The van der Waals surface area contributed by atoms with Crippen LogP contribution in [0.3, 0.4) is 0 Å². The minimum Gasteiger partial charge on any atom is -0.497 e. The molecular formula is C13H23NO. The van der Waals surface area contributed by atoms with Crippen LogP contribution in [0.1, 0.15) is 51.4 Å². The van der Waals surface area contributed by atoms with Crippen molar-refractivity contribution in [3.63, 3.8) is 0 Å². The highest BCUT2D eigenvalue weighted by Crippen LogP contribution is 2.17. The molecular weight excluding hydrogens is 186 g/mol. The zero-order valence-electron chi connectivity index (χ0n) is 9.58. The Morgan fingerprint density at radius 1 is 1.07 bits per heavy atom. The van der Waals surface area contributed by atoms with E-state index in [1.54, 1.807) is 0 Å². The number of hydrogen-bond donors (Lipinski definition) is 1. The quantitative estimate of drug-likeness (QED) is 0.721. The van der Waals surface area contributed by atoms with Crippen LogP contribution in [0.4, 0.5) is 0 Å². The van der Waals surface area contributed by atoms with Crippen LogP contribution in [0.25, 0.3) is 0 Å². The van der Waals surface area contributed by atoms with Crippen LogP contribution in [0.15, 0.2) is 12.3 Å². The predicted octanol–water partition coefficient (Wildman–Crippen LogP) is 2.99. The van der Waals surface area contributed by atoms with Gasteiger partial charge in [-0.05, 0) is 31.8 Å². The van der Waals surface area contributed by atoms with Crippen LogP contribution in [-0.4, -0.2) is 18.7 Å². The van der Waals surface area contributed by atoms with E-state index in [4.69, 9.17) is 4.74 Å². The molecule has 1 aliphatic carbocycles. The summed E-state index contributed by atoms with van der Waals surface area (Å²) in [5, 5.41) is 3.67. The molecule has 0 radical (unpaired) electrons. The standard InChI is InChI=1S/C13H23NO/c1-2-4-8-12(7-3-1)14-11-13-9-5-6-10-15-13/h6,10,12-14H,1-5,7-9,11H2. The Kier molecular flexibility index (Phi) is 4.52. The van der Waals surface area contributed by atoms with Crippen LogP contribution in [-0.2, 0) is 4.74 Å². The van der Waals surface area contributed by atoms with Crippen LogP contribution < -0.4 is 5.32 Å². The lowest BCUT2D eigenvalue weighted by atomic mass is 10.1. The van der Waals surface area contributed by atoms with Crippen molar-refractivity contribution in [1.29, 1.82) is 0 Å². The Morgan fingerprint density at radius 3 is 2.53 bits per heavy atom. The van der Waals surface area contributed by atoms with Gasteiger partial charge in [0.2, 0.25) is 0 Å². The highest BCUT2D eigenvalue weighted by Gasteiger charge is 2.15. The maximum atomic E-state index is 5.56. The van der Waals surface area contributed by atoms with Gasteiger partial charge in [-0.15, -0.1) is 0 Å². The molecule has 0 aromatic rings. The monoisotopic (exact) mass is 209 g/mol. The summed E-state index contributed by atoms with van der Waals surface area (Å²) in [4.78, 5) is 0. The van der Waals surface area contributed by atoms with Gasteiger partial charge in [0.25, 0.3) is 0 Å². The third-order valence-corrected chi connectivity index (χ3v) is 3.51. The van der Waals surface area contributed by atoms with Gasteiger partial charge in [0, 0.05) is 12.6 Å². The van der Waals surface area contributed by atoms with E-state index in [1.165, 1.54) is 51.4 Å². The average molecular weight is 209 g/mol. The minimum absolute atomic E-state index is 0.415. The molecule has 15 heavy (non-hydrogen) atoms. The molecule has 0 bridgehead atoms. The lowest BCUT2D eigenvalue weighted by Gasteiger charge is -2.23. The van der Waals surface area contributed by atoms with Gasteiger partial charge in [-0.1, -0.05) is 25.7 Å². The van der Waals surface area contributed by atoms with E-state index in [0.717, 1.165) is 12.6 Å². The van der Waals surface area contributed by atoms with Gasteiger partial charge in [-0.25, -0.2) is 0 Å². The maximum absolute atomic E-state index is 5.56. The molecule has 1 fully saturated rings. The molecule has 86 valence electrons. The molecule has 2 heteroatoms. The van der Waals surface area contributed by atoms with Crippen molar-refractivity contribution in [2.24, 2.45) is 0 Å². The normalized spacial score (nSPS) is 28.4. The van der Waals surface area contributed by atoms with E-state index < -0.39 is 0 Å². The van der Waals surface area contributed by atoms with E-state index in [-0.39, 0.29) is 0 Å². The number of rotatable bonds is 3. The molecule has 0 saturated heterocycles. The molecule has 1 aliphatic heterocycles. The van der Waals surface area contributed by atoms with Crippen molar-refractivity contribution >= 4 is 0 Å². The fourth-order valence-corrected chi connectivity index (χ4v) is 2.52. The molecule has 1 atom stereocenters. The van der Waals surface area contributed by atoms with E-state index in [2.05, 4.69) is 11.4 Å². The van der Waals surface area contributed by atoms with Gasteiger partial charge < -0.3 is 10.1 Å². The fourth-order valence-electron chi connectivity index (χ4n) is 2.52. The van der Waals surface area contributed by atoms with Crippen molar-refractivity contribution in [3.8, 4) is 0 Å². The Hall–Kier alpha value is -0.500. The highest BCUT2D eigenvalue weighted by atomic mass is 16.5. The molecule has 2 aliphatic rings. The summed E-state index contributed by atoms with van der Waals surface area (Å²) in [6.07, 6.45) is 15.1. The highest BCUT2D eigenvalue weighted by molar-refractivity contribution is 4.84. The fraction of sp³-hybridized carbons (Fsp3) is 0.846. The Balaban J connectivity index is 1.65. The number of ether oxygens (including phenoxy) is 1. The second kappa shape index (κ2) is 6.16. The maximum Gasteiger partial charge on any atom is 0.110 e. The number of nitrogens with one attached hydrogen (secondary N) is 1. The topological polar surface area (TPSA) is 21.3 Å². The van der Waals surface area contributed by atoms with Gasteiger partial charge in [0.15, 0.2) is 0 Å². The summed E-state index contributed by atoms with van der Waals surface area (Å²) in [7, 11) is 0. The lowest BCUT2D eigenvalue weighted by Crippen LogP contribution is -2.36. The molecule has 0 spiro atoms. The first-order chi connectivity index (χ1) is 7.45. The summed E-state index contributed by atoms with van der Waals surface area (Å²) in [5.41, 5.74) is 0. The van der Waals surface area contributed by atoms with E-state index in [0.29, 0.717) is 6.10 Å². The molecule has 2 nitrogen and oxygen atoms in total. The predicted molar refractivity (Wildman–Crippen MR) is 62.7 cm³/mol. The smallest absolute Gasteiger partial charge is 0.110 e. The molecule has 2 rings (SSSR count). The van der Waals surface area contributed by atoms with Crippen molar-refractivity contribution in [3.05, 3.63) is 12.3 Å². The Morgan fingerprint density at radius 2 is 1.87 bits per heavy atom. The van der Waals surface area contributed by atoms with Gasteiger partial charge in [-0.2, -0.15) is 0 Å². The molecule has 1 saturated carbocycles. The van der Waals surface area contributed by atoms with Gasteiger partial charge in [0.1, 0.15) is 6.10 Å². The minimum atomic E-state index is 0.415. The third kappa shape index (κ3) is 3.86. The van der Waals surface area contributed by atoms with E-state index in [9.17, 15) is 0 Å². The summed E-state index contributed by atoms with van der Waals surface area (Å²) in [6.45, 7) is 1.04. The molecule has 1 N–H and O–H groups in total. The largest absolute Gasteiger partial charge is 0.497 e. The molecule has 1 heterocycles. The lowest BCUT2D eigenvalue weighted by molar-refractivity contribution is 0.118. The van der Waals surface area contributed by atoms with Crippen molar-refractivity contribution < 1.29 is 4.74 Å². The zero-order chi connectivity index (χ0) is 10.3. The van der Waals surface area contributed by atoms with Gasteiger partial charge in [-0.3, -0.25) is 0 Å². The van der Waals surface area contributed by atoms with Gasteiger partial charge >= 0.3 is 0 Å². The molecule has 1 unspecified atom stereocenters. The first-order valence-electron chi connectivity index (χ1n) is 6.49. The number of hydrogen-bond acceptors (Lipinski definition) is 2. The summed E-state index contributed by atoms with van der Waals surface area (Å²) in [6, 6.07) is 0.752. The van der Waals surface area contributed by atoms with Crippen molar-refractivity contribution in [1.82, 2.24) is 5.32 Å². The molecule has 0 aromatic carbocycles. The van der Waals surface area contributed by atoms with Crippen LogP contribution >= 0.6 is 0 Å². The van der Waals surface area contributed by atoms with Crippen LogP contribution in [0.2, 0.25) is 0 Å². The van der Waals surface area contributed by atoms with E-state index in [1.807, 2.05) is 6.26 Å². The van der Waals surface area contributed by atoms with Crippen LogP contribution in [0.5, 0.6) is 0 Å². The third-order valence-electron chi connectivity index (χ3n) is 3.51. The first-order valence-corrected chi connectivity index (χ1v) is 6.49. The Bertz CT molecular complexity index is 195.